The Morgan fingerprint density at radius 2 is 1.89 bits per heavy atom. The highest BCUT2D eigenvalue weighted by molar-refractivity contribution is 5.32. The normalized spacial score (nSPS) is 10.6. The minimum atomic E-state index is -0.373. The smallest absolute Gasteiger partial charge is 0.269 e. The van der Waals surface area contributed by atoms with Gasteiger partial charge in [0.25, 0.3) is 5.69 Å². The van der Waals surface area contributed by atoms with E-state index in [1.165, 1.54) is 6.42 Å². The molecule has 1 rings (SSSR count). The molecule has 5 nitrogen and oxygen atoms in total. The Balaban J connectivity index is 2.07. The SMILES string of the molecule is COCCCCCNCCc1ccc([N+](=O)[O-])cc1. The van der Waals surface area contributed by atoms with E-state index in [4.69, 9.17) is 4.74 Å². The maximum Gasteiger partial charge on any atom is 0.269 e. The molecular weight excluding hydrogens is 244 g/mol. The zero-order chi connectivity index (χ0) is 13.9. The first-order chi connectivity index (χ1) is 9.24. The maximum absolute atomic E-state index is 10.5. The molecule has 0 bridgehead atoms. The summed E-state index contributed by atoms with van der Waals surface area (Å²) >= 11 is 0. The second-order valence-electron chi connectivity index (χ2n) is 4.48. The summed E-state index contributed by atoms with van der Waals surface area (Å²) in [5.74, 6) is 0. The average Bonchev–Trinajstić information content (AvgIpc) is 2.42. The molecular formula is C14H22N2O3. The molecule has 0 amide bonds. The summed E-state index contributed by atoms with van der Waals surface area (Å²) in [5, 5.41) is 13.9. The summed E-state index contributed by atoms with van der Waals surface area (Å²) < 4.78 is 4.99. The van der Waals surface area contributed by atoms with Gasteiger partial charge < -0.3 is 10.1 Å². The highest BCUT2D eigenvalue weighted by Gasteiger charge is 2.03. The van der Waals surface area contributed by atoms with Gasteiger partial charge >= 0.3 is 0 Å². The summed E-state index contributed by atoms with van der Waals surface area (Å²) in [7, 11) is 1.72. The molecule has 0 atom stereocenters. The molecule has 0 radical (unpaired) electrons. The fraction of sp³-hybridized carbons (Fsp3) is 0.571. The van der Waals surface area contributed by atoms with E-state index in [0.717, 1.165) is 44.5 Å². The van der Waals surface area contributed by atoms with Gasteiger partial charge in [0.2, 0.25) is 0 Å². The number of nitro benzene ring substituents is 1. The molecule has 0 aliphatic heterocycles. The second-order valence-corrected chi connectivity index (χ2v) is 4.48. The van der Waals surface area contributed by atoms with E-state index in [2.05, 4.69) is 5.32 Å². The molecule has 0 aliphatic rings. The summed E-state index contributed by atoms with van der Waals surface area (Å²) in [6, 6.07) is 6.75. The van der Waals surface area contributed by atoms with Gasteiger partial charge in [-0.1, -0.05) is 12.1 Å². The third kappa shape index (κ3) is 6.88. The van der Waals surface area contributed by atoms with Gasteiger partial charge in [0.1, 0.15) is 0 Å². The van der Waals surface area contributed by atoms with Crippen molar-refractivity contribution in [1.29, 1.82) is 0 Å². The number of nitro groups is 1. The molecule has 0 saturated heterocycles. The van der Waals surface area contributed by atoms with Crippen LogP contribution in [-0.2, 0) is 11.2 Å². The number of unbranched alkanes of at least 4 members (excludes halogenated alkanes) is 2. The van der Waals surface area contributed by atoms with Gasteiger partial charge in [0.05, 0.1) is 4.92 Å². The van der Waals surface area contributed by atoms with Gasteiger partial charge in [-0.2, -0.15) is 0 Å². The van der Waals surface area contributed by atoms with E-state index in [9.17, 15) is 10.1 Å². The molecule has 19 heavy (non-hydrogen) atoms. The van der Waals surface area contributed by atoms with Crippen LogP contribution in [0.3, 0.4) is 0 Å². The third-order valence-corrected chi connectivity index (χ3v) is 2.94. The predicted octanol–water partition coefficient (Wildman–Crippen LogP) is 2.54. The Kier molecular flexibility index (Phi) is 7.77. The fourth-order valence-corrected chi connectivity index (χ4v) is 1.82. The Hall–Kier alpha value is -1.46. The van der Waals surface area contributed by atoms with Gasteiger partial charge in [-0.15, -0.1) is 0 Å². The van der Waals surface area contributed by atoms with Crippen molar-refractivity contribution in [2.45, 2.75) is 25.7 Å². The minimum Gasteiger partial charge on any atom is -0.385 e. The predicted molar refractivity (Wildman–Crippen MR) is 75.4 cm³/mol. The number of nitrogens with zero attached hydrogens (tertiary/aromatic N) is 1. The van der Waals surface area contributed by atoms with Gasteiger partial charge in [-0.25, -0.2) is 0 Å². The van der Waals surface area contributed by atoms with E-state index in [1.807, 2.05) is 12.1 Å². The molecule has 0 heterocycles. The van der Waals surface area contributed by atoms with Crippen LogP contribution in [0.1, 0.15) is 24.8 Å². The summed E-state index contributed by atoms with van der Waals surface area (Å²) in [5.41, 5.74) is 1.27. The molecule has 0 saturated carbocycles. The van der Waals surface area contributed by atoms with Crippen molar-refractivity contribution in [2.75, 3.05) is 26.8 Å². The van der Waals surface area contributed by atoms with Crippen LogP contribution in [-0.4, -0.2) is 31.7 Å². The van der Waals surface area contributed by atoms with Crippen LogP contribution in [0.15, 0.2) is 24.3 Å². The fourth-order valence-electron chi connectivity index (χ4n) is 1.82. The van der Waals surface area contributed by atoms with Crippen LogP contribution in [0.25, 0.3) is 0 Å². The van der Waals surface area contributed by atoms with E-state index in [-0.39, 0.29) is 10.6 Å². The van der Waals surface area contributed by atoms with Crippen molar-refractivity contribution in [3.63, 3.8) is 0 Å². The average molecular weight is 266 g/mol. The Morgan fingerprint density at radius 3 is 2.53 bits per heavy atom. The van der Waals surface area contributed by atoms with Crippen molar-refractivity contribution in [3.05, 3.63) is 39.9 Å². The Bertz CT molecular complexity index is 365. The second kappa shape index (κ2) is 9.47. The van der Waals surface area contributed by atoms with Gasteiger partial charge in [-0.05, 0) is 44.3 Å². The highest BCUT2D eigenvalue weighted by Crippen LogP contribution is 2.11. The number of non-ortho nitro benzene ring substituents is 1. The lowest BCUT2D eigenvalue weighted by molar-refractivity contribution is -0.384. The van der Waals surface area contributed by atoms with Gasteiger partial charge in [0.15, 0.2) is 0 Å². The lowest BCUT2D eigenvalue weighted by Crippen LogP contribution is -2.18. The molecule has 1 aromatic carbocycles. The van der Waals surface area contributed by atoms with Crippen LogP contribution < -0.4 is 5.32 Å². The maximum atomic E-state index is 10.5. The zero-order valence-electron chi connectivity index (χ0n) is 11.4. The van der Waals surface area contributed by atoms with Crippen LogP contribution in [0, 0.1) is 10.1 Å². The van der Waals surface area contributed by atoms with E-state index < -0.39 is 0 Å². The third-order valence-electron chi connectivity index (χ3n) is 2.94. The summed E-state index contributed by atoms with van der Waals surface area (Å²) in [6.45, 7) is 2.75. The molecule has 5 heteroatoms. The van der Waals surface area contributed by atoms with Crippen molar-refractivity contribution < 1.29 is 9.66 Å². The van der Waals surface area contributed by atoms with E-state index in [0.29, 0.717) is 0 Å². The monoisotopic (exact) mass is 266 g/mol. The molecule has 106 valence electrons. The largest absolute Gasteiger partial charge is 0.385 e. The number of nitrogens with one attached hydrogen (secondary N) is 1. The van der Waals surface area contributed by atoms with Crippen molar-refractivity contribution in [1.82, 2.24) is 5.32 Å². The quantitative estimate of drug-likeness (QED) is 0.401. The summed E-state index contributed by atoms with van der Waals surface area (Å²) in [6.07, 6.45) is 4.35. The first-order valence-electron chi connectivity index (χ1n) is 6.67. The lowest BCUT2D eigenvalue weighted by atomic mass is 10.1. The molecule has 1 N–H and O–H groups in total. The standard InChI is InChI=1S/C14H22N2O3/c1-19-12-4-2-3-10-15-11-9-13-5-7-14(8-6-13)16(17)18/h5-8,15H,2-4,9-12H2,1H3. The molecule has 0 spiro atoms. The number of methoxy groups -OCH3 is 1. The van der Waals surface area contributed by atoms with Crippen molar-refractivity contribution >= 4 is 5.69 Å². The summed E-state index contributed by atoms with van der Waals surface area (Å²) in [4.78, 5) is 10.1. The van der Waals surface area contributed by atoms with Crippen molar-refractivity contribution in [3.8, 4) is 0 Å². The Labute approximate surface area is 114 Å². The van der Waals surface area contributed by atoms with Crippen LogP contribution >= 0.6 is 0 Å². The number of ether oxygens (including phenoxy) is 1. The first-order valence-corrected chi connectivity index (χ1v) is 6.67. The zero-order valence-corrected chi connectivity index (χ0v) is 11.4. The molecule has 1 aromatic rings. The van der Waals surface area contributed by atoms with Crippen LogP contribution in [0.4, 0.5) is 5.69 Å². The number of hydrogen-bond donors (Lipinski definition) is 1. The minimum absolute atomic E-state index is 0.148. The highest BCUT2D eigenvalue weighted by atomic mass is 16.6. The van der Waals surface area contributed by atoms with Crippen LogP contribution in [0.2, 0.25) is 0 Å². The van der Waals surface area contributed by atoms with Gasteiger partial charge in [-0.3, -0.25) is 10.1 Å². The Morgan fingerprint density at radius 1 is 1.16 bits per heavy atom. The molecule has 0 aliphatic carbocycles. The van der Waals surface area contributed by atoms with Crippen LogP contribution in [0.5, 0.6) is 0 Å². The van der Waals surface area contributed by atoms with Crippen molar-refractivity contribution in [2.24, 2.45) is 0 Å². The number of hydrogen-bond acceptors (Lipinski definition) is 4. The molecule has 0 unspecified atom stereocenters. The lowest BCUT2D eigenvalue weighted by Gasteiger charge is -2.05. The number of benzene rings is 1. The topological polar surface area (TPSA) is 64.4 Å². The van der Waals surface area contributed by atoms with E-state index >= 15 is 0 Å². The molecule has 0 fully saturated rings. The van der Waals surface area contributed by atoms with Gasteiger partial charge in [0, 0.05) is 25.8 Å². The first kappa shape index (κ1) is 15.6. The molecule has 0 aromatic heterocycles. The number of rotatable bonds is 10. The van der Waals surface area contributed by atoms with E-state index in [1.54, 1.807) is 19.2 Å².